The molecule has 92 valence electrons. The van der Waals surface area contributed by atoms with Gasteiger partial charge in [0, 0.05) is 13.1 Å². The second-order valence-electron chi connectivity index (χ2n) is 4.26. The number of allylic oxidation sites excluding steroid dienone is 2. The molecule has 3 rings (SSSR count). The summed E-state index contributed by atoms with van der Waals surface area (Å²) in [6, 6.07) is 0. The quantitative estimate of drug-likeness (QED) is 0.765. The van der Waals surface area contributed by atoms with Gasteiger partial charge in [0.1, 0.15) is 10.6 Å². The first kappa shape index (κ1) is 11.3. The average Bonchev–Trinajstić information content (AvgIpc) is 3.01. The Balaban J connectivity index is 1.96. The number of carbonyl (C=O) groups is 3. The molecule has 6 heteroatoms. The van der Waals surface area contributed by atoms with E-state index in [1.807, 2.05) is 0 Å². The first-order valence-electron chi connectivity index (χ1n) is 5.73. The minimum atomic E-state index is -0.304. The highest BCUT2D eigenvalue weighted by atomic mass is 32.1. The monoisotopic (exact) mass is 262 g/mol. The van der Waals surface area contributed by atoms with Gasteiger partial charge in [0.15, 0.2) is 10.8 Å². The summed E-state index contributed by atoms with van der Waals surface area (Å²) in [7, 11) is 0. The molecule has 18 heavy (non-hydrogen) atoms. The van der Waals surface area contributed by atoms with Crippen LogP contribution in [0.2, 0.25) is 0 Å². The molecule has 1 fully saturated rings. The average molecular weight is 262 g/mol. The second-order valence-corrected chi connectivity index (χ2v) is 5.26. The highest BCUT2D eigenvalue weighted by molar-refractivity contribution is 7.16. The lowest BCUT2D eigenvalue weighted by molar-refractivity contribution is 0.0792. The predicted octanol–water partition coefficient (Wildman–Crippen LogP) is 1.31. The zero-order valence-corrected chi connectivity index (χ0v) is 10.3. The van der Waals surface area contributed by atoms with Gasteiger partial charge in [-0.1, -0.05) is 0 Å². The standard InChI is InChI=1S/C12H10N2O3S/c15-7-3-4-8(16)10-9(7)13-11(18-10)12(17)14-5-1-2-6-14/h3-4H,1-2,5-6H2. The Morgan fingerprint density at radius 2 is 1.83 bits per heavy atom. The number of aromatic nitrogens is 1. The van der Waals surface area contributed by atoms with E-state index in [-0.39, 0.29) is 33.1 Å². The lowest BCUT2D eigenvalue weighted by Crippen LogP contribution is -2.27. The summed E-state index contributed by atoms with van der Waals surface area (Å²) in [6.45, 7) is 1.45. The molecular formula is C12H10N2O3S. The number of ketones is 2. The van der Waals surface area contributed by atoms with Gasteiger partial charge in [0.2, 0.25) is 5.78 Å². The third-order valence-corrected chi connectivity index (χ3v) is 4.10. The Morgan fingerprint density at radius 3 is 2.50 bits per heavy atom. The van der Waals surface area contributed by atoms with Crippen LogP contribution in [0, 0.1) is 0 Å². The molecule has 1 aromatic rings. The van der Waals surface area contributed by atoms with Crippen LogP contribution in [0.4, 0.5) is 0 Å². The lowest BCUT2D eigenvalue weighted by atomic mass is 10.1. The first-order chi connectivity index (χ1) is 8.66. The van der Waals surface area contributed by atoms with E-state index in [0.717, 1.165) is 37.3 Å². The predicted molar refractivity (Wildman–Crippen MR) is 65.1 cm³/mol. The Kier molecular flexibility index (Phi) is 2.59. The molecule has 0 spiro atoms. The van der Waals surface area contributed by atoms with Gasteiger partial charge in [-0.25, -0.2) is 4.98 Å². The van der Waals surface area contributed by atoms with Crippen molar-refractivity contribution in [1.82, 2.24) is 9.88 Å². The van der Waals surface area contributed by atoms with Crippen molar-refractivity contribution >= 4 is 28.8 Å². The molecule has 5 nitrogen and oxygen atoms in total. The van der Waals surface area contributed by atoms with Crippen LogP contribution >= 0.6 is 11.3 Å². The van der Waals surface area contributed by atoms with Gasteiger partial charge in [0.05, 0.1) is 0 Å². The molecule has 1 amide bonds. The number of hydrogen-bond acceptors (Lipinski definition) is 5. The number of rotatable bonds is 1. The SMILES string of the molecule is O=C1C=CC(=O)c2sc(C(=O)N3CCCC3)nc21. The molecule has 1 saturated heterocycles. The molecule has 0 N–H and O–H groups in total. The van der Waals surface area contributed by atoms with E-state index < -0.39 is 0 Å². The van der Waals surface area contributed by atoms with Crippen molar-refractivity contribution in [3.63, 3.8) is 0 Å². The Labute approximate surface area is 107 Å². The maximum absolute atomic E-state index is 12.1. The fourth-order valence-corrected chi connectivity index (χ4v) is 3.07. The Bertz CT molecular complexity index is 547. The van der Waals surface area contributed by atoms with Crippen molar-refractivity contribution in [2.24, 2.45) is 0 Å². The lowest BCUT2D eigenvalue weighted by Gasteiger charge is -2.12. The van der Waals surface area contributed by atoms with Gasteiger partial charge < -0.3 is 4.90 Å². The van der Waals surface area contributed by atoms with E-state index in [2.05, 4.69) is 4.98 Å². The van der Waals surface area contributed by atoms with Gasteiger partial charge in [-0.05, 0) is 25.0 Å². The molecule has 0 bridgehead atoms. The van der Waals surface area contributed by atoms with Crippen LogP contribution in [-0.4, -0.2) is 40.4 Å². The number of amides is 1. The Hall–Kier alpha value is -1.82. The molecule has 2 aliphatic rings. The number of fused-ring (bicyclic) bond motifs is 1. The van der Waals surface area contributed by atoms with E-state index in [1.165, 1.54) is 12.2 Å². The van der Waals surface area contributed by atoms with E-state index in [1.54, 1.807) is 4.90 Å². The minimum absolute atomic E-state index is 0.120. The molecule has 0 aromatic carbocycles. The third kappa shape index (κ3) is 1.69. The summed E-state index contributed by atoms with van der Waals surface area (Å²) in [6.07, 6.45) is 4.42. The number of nitrogens with zero attached hydrogens (tertiary/aromatic N) is 2. The van der Waals surface area contributed by atoms with Crippen molar-refractivity contribution in [1.29, 1.82) is 0 Å². The second kappa shape index (κ2) is 4.13. The van der Waals surface area contributed by atoms with Crippen molar-refractivity contribution in [2.45, 2.75) is 12.8 Å². The fourth-order valence-electron chi connectivity index (χ4n) is 2.11. The van der Waals surface area contributed by atoms with Gasteiger partial charge >= 0.3 is 0 Å². The Morgan fingerprint density at radius 1 is 1.17 bits per heavy atom. The number of thiazole rings is 1. The molecule has 1 aliphatic carbocycles. The van der Waals surface area contributed by atoms with E-state index in [9.17, 15) is 14.4 Å². The highest BCUT2D eigenvalue weighted by Gasteiger charge is 2.29. The van der Waals surface area contributed by atoms with Crippen LogP contribution in [0.25, 0.3) is 0 Å². The van der Waals surface area contributed by atoms with Crippen LogP contribution in [0.1, 0.15) is 42.8 Å². The summed E-state index contributed by atoms with van der Waals surface area (Å²) < 4.78 is 0. The van der Waals surface area contributed by atoms with Crippen LogP contribution in [-0.2, 0) is 0 Å². The molecule has 1 aliphatic heterocycles. The van der Waals surface area contributed by atoms with Crippen molar-refractivity contribution in [3.05, 3.63) is 27.7 Å². The smallest absolute Gasteiger partial charge is 0.282 e. The largest absolute Gasteiger partial charge is 0.337 e. The molecule has 1 aromatic heterocycles. The van der Waals surface area contributed by atoms with Gasteiger partial charge in [-0.15, -0.1) is 11.3 Å². The number of hydrogen-bond donors (Lipinski definition) is 0. The van der Waals surface area contributed by atoms with Crippen LogP contribution in [0.3, 0.4) is 0 Å². The molecule has 0 radical (unpaired) electrons. The molecule has 0 saturated carbocycles. The minimum Gasteiger partial charge on any atom is -0.337 e. The summed E-state index contributed by atoms with van der Waals surface area (Å²) in [5, 5.41) is 0.243. The summed E-state index contributed by atoms with van der Waals surface area (Å²) in [5.41, 5.74) is 0.120. The highest BCUT2D eigenvalue weighted by Crippen LogP contribution is 2.25. The van der Waals surface area contributed by atoms with Gasteiger partial charge in [-0.2, -0.15) is 0 Å². The summed E-state index contributed by atoms with van der Waals surface area (Å²) in [4.78, 5) is 41.3. The normalized spacial score (nSPS) is 18.3. The summed E-state index contributed by atoms with van der Waals surface area (Å²) in [5.74, 6) is -0.726. The molecule has 0 unspecified atom stereocenters. The third-order valence-electron chi connectivity index (χ3n) is 3.05. The summed E-state index contributed by atoms with van der Waals surface area (Å²) >= 11 is 1.02. The molecule has 0 atom stereocenters. The zero-order valence-electron chi connectivity index (χ0n) is 9.51. The number of likely N-dealkylation sites (tertiary alicyclic amines) is 1. The van der Waals surface area contributed by atoms with Gasteiger partial charge in [-0.3, -0.25) is 14.4 Å². The van der Waals surface area contributed by atoms with Crippen LogP contribution in [0.15, 0.2) is 12.2 Å². The maximum Gasteiger partial charge on any atom is 0.282 e. The van der Waals surface area contributed by atoms with Crippen LogP contribution < -0.4 is 0 Å². The number of carbonyl (C=O) groups excluding carboxylic acids is 3. The van der Waals surface area contributed by atoms with Crippen molar-refractivity contribution in [3.8, 4) is 0 Å². The van der Waals surface area contributed by atoms with Crippen molar-refractivity contribution in [2.75, 3.05) is 13.1 Å². The fraction of sp³-hybridized carbons (Fsp3) is 0.333. The zero-order chi connectivity index (χ0) is 12.7. The topological polar surface area (TPSA) is 67.3 Å². The van der Waals surface area contributed by atoms with Crippen LogP contribution in [0.5, 0.6) is 0 Å². The van der Waals surface area contributed by atoms with Gasteiger partial charge in [0.25, 0.3) is 5.91 Å². The van der Waals surface area contributed by atoms with Crippen molar-refractivity contribution < 1.29 is 14.4 Å². The van der Waals surface area contributed by atoms with E-state index >= 15 is 0 Å². The first-order valence-corrected chi connectivity index (χ1v) is 6.55. The molecule has 2 heterocycles. The maximum atomic E-state index is 12.1. The molecular weight excluding hydrogens is 252 g/mol. The van der Waals surface area contributed by atoms with E-state index in [4.69, 9.17) is 0 Å². The van der Waals surface area contributed by atoms with E-state index in [0.29, 0.717) is 0 Å².